The fourth-order valence-corrected chi connectivity index (χ4v) is 4.26. The molecule has 1 amide bonds. The molecule has 3 rings (SSSR count). The van der Waals surface area contributed by atoms with Crippen molar-refractivity contribution in [1.82, 2.24) is 4.90 Å². The van der Waals surface area contributed by atoms with E-state index in [1.54, 1.807) is 11.8 Å². The minimum Gasteiger partial charge on any atom is -0.396 e. The zero-order chi connectivity index (χ0) is 13.2. The van der Waals surface area contributed by atoms with E-state index >= 15 is 0 Å². The summed E-state index contributed by atoms with van der Waals surface area (Å²) in [5.74, 6) is 1.67. The lowest BCUT2D eigenvalue weighted by Crippen LogP contribution is -2.33. The highest BCUT2D eigenvalue weighted by Crippen LogP contribution is 2.40. The van der Waals surface area contributed by atoms with Crippen LogP contribution < -0.4 is 0 Å². The lowest BCUT2D eigenvalue weighted by Gasteiger charge is -2.21. The highest BCUT2D eigenvalue weighted by Gasteiger charge is 2.35. The first-order valence-electron chi connectivity index (χ1n) is 6.91. The Labute approximate surface area is 118 Å². The largest absolute Gasteiger partial charge is 0.396 e. The number of likely N-dealkylation sites (tertiary alicyclic amines) is 1. The first-order valence-corrected chi connectivity index (χ1v) is 7.89. The van der Waals surface area contributed by atoms with Gasteiger partial charge in [0.1, 0.15) is 0 Å². The molecule has 2 aliphatic rings. The molecule has 2 heterocycles. The molecule has 3 nitrogen and oxygen atoms in total. The molecule has 0 saturated carbocycles. The number of amides is 1. The lowest BCUT2D eigenvalue weighted by molar-refractivity contribution is -0.131. The third-order valence-corrected chi connectivity index (χ3v) is 5.32. The summed E-state index contributed by atoms with van der Waals surface area (Å²) in [6, 6.07) is 8.24. The smallest absolute Gasteiger partial charge is 0.231 e. The van der Waals surface area contributed by atoms with Gasteiger partial charge in [0.15, 0.2) is 0 Å². The third kappa shape index (κ3) is 2.51. The van der Waals surface area contributed by atoms with Crippen LogP contribution in [0.3, 0.4) is 0 Å². The van der Waals surface area contributed by atoms with Crippen LogP contribution >= 0.6 is 11.8 Å². The summed E-state index contributed by atoms with van der Waals surface area (Å²) in [6.45, 7) is 1.91. The number of carbonyl (C=O) groups excluding carboxylic acids is 1. The van der Waals surface area contributed by atoms with Gasteiger partial charge in [-0.25, -0.2) is 0 Å². The molecule has 0 radical (unpaired) electrons. The van der Waals surface area contributed by atoms with E-state index < -0.39 is 0 Å². The SMILES string of the molecule is O=C(C1CSc2ccccc21)N1CCC(CCO)C1. The van der Waals surface area contributed by atoms with Gasteiger partial charge in [0.2, 0.25) is 5.91 Å². The molecular formula is C15H19NO2S. The first-order chi connectivity index (χ1) is 9.29. The van der Waals surface area contributed by atoms with Crippen molar-refractivity contribution in [1.29, 1.82) is 0 Å². The Balaban J connectivity index is 1.69. The van der Waals surface area contributed by atoms with E-state index in [0.717, 1.165) is 31.7 Å². The van der Waals surface area contributed by atoms with Gasteiger partial charge in [-0.15, -0.1) is 11.8 Å². The van der Waals surface area contributed by atoms with Crippen molar-refractivity contribution in [2.45, 2.75) is 23.7 Å². The van der Waals surface area contributed by atoms with Crippen molar-refractivity contribution < 1.29 is 9.90 Å². The van der Waals surface area contributed by atoms with Crippen LogP contribution in [0.5, 0.6) is 0 Å². The van der Waals surface area contributed by atoms with Crippen LogP contribution in [0.4, 0.5) is 0 Å². The molecule has 2 unspecified atom stereocenters. The molecule has 1 aromatic carbocycles. The summed E-state index contributed by atoms with van der Waals surface area (Å²) in [4.78, 5) is 15.9. The number of aliphatic hydroxyl groups is 1. The first kappa shape index (κ1) is 13.0. The molecule has 0 spiro atoms. The number of aliphatic hydroxyl groups excluding tert-OH is 1. The molecule has 102 valence electrons. The molecule has 0 aromatic heterocycles. The fraction of sp³-hybridized carbons (Fsp3) is 0.533. The predicted octanol–water partition coefficient (Wildman–Crippen LogP) is 2.11. The van der Waals surface area contributed by atoms with E-state index in [-0.39, 0.29) is 18.4 Å². The number of carbonyl (C=O) groups is 1. The van der Waals surface area contributed by atoms with Crippen LogP contribution in [-0.4, -0.2) is 41.4 Å². The normalized spacial score (nSPS) is 25.6. The second-order valence-electron chi connectivity index (χ2n) is 5.35. The number of nitrogens with zero attached hydrogens (tertiary/aromatic N) is 1. The number of hydrogen-bond donors (Lipinski definition) is 1. The predicted molar refractivity (Wildman–Crippen MR) is 76.3 cm³/mol. The average molecular weight is 277 g/mol. The molecule has 0 aliphatic carbocycles. The van der Waals surface area contributed by atoms with Crippen molar-refractivity contribution in [3.8, 4) is 0 Å². The van der Waals surface area contributed by atoms with Gasteiger partial charge in [0.25, 0.3) is 0 Å². The maximum atomic E-state index is 12.6. The lowest BCUT2D eigenvalue weighted by atomic mass is 10.00. The van der Waals surface area contributed by atoms with Crippen molar-refractivity contribution in [3.05, 3.63) is 29.8 Å². The number of benzene rings is 1. The van der Waals surface area contributed by atoms with Crippen LogP contribution in [0, 0.1) is 5.92 Å². The Bertz CT molecular complexity index is 477. The van der Waals surface area contributed by atoms with Gasteiger partial charge in [-0.2, -0.15) is 0 Å². The number of rotatable bonds is 3. The number of thioether (sulfide) groups is 1. The summed E-state index contributed by atoms with van der Waals surface area (Å²) in [7, 11) is 0. The van der Waals surface area contributed by atoms with Crippen molar-refractivity contribution in [2.24, 2.45) is 5.92 Å². The zero-order valence-electron chi connectivity index (χ0n) is 10.9. The summed E-state index contributed by atoms with van der Waals surface area (Å²) < 4.78 is 0. The standard InChI is InChI=1S/C15H19NO2S/c17-8-6-11-5-7-16(9-11)15(18)13-10-19-14-4-2-1-3-12(13)14/h1-4,11,13,17H,5-10H2. The molecule has 19 heavy (non-hydrogen) atoms. The quantitative estimate of drug-likeness (QED) is 0.920. The molecule has 1 aromatic rings. The molecule has 1 fully saturated rings. The Hall–Kier alpha value is -1.00. The number of fused-ring (bicyclic) bond motifs is 1. The highest BCUT2D eigenvalue weighted by molar-refractivity contribution is 7.99. The van der Waals surface area contributed by atoms with E-state index in [1.165, 1.54) is 10.5 Å². The van der Waals surface area contributed by atoms with E-state index in [2.05, 4.69) is 12.1 Å². The topological polar surface area (TPSA) is 40.5 Å². The summed E-state index contributed by atoms with van der Waals surface area (Å²) in [5, 5.41) is 8.99. The zero-order valence-corrected chi connectivity index (χ0v) is 11.7. The molecule has 2 atom stereocenters. The van der Waals surface area contributed by atoms with Crippen LogP contribution in [0.2, 0.25) is 0 Å². The van der Waals surface area contributed by atoms with Crippen LogP contribution in [0.25, 0.3) is 0 Å². The Kier molecular flexibility index (Phi) is 3.80. The molecule has 1 N–H and O–H groups in total. The van der Waals surface area contributed by atoms with Crippen molar-refractivity contribution >= 4 is 17.7 Å². The third-order valence-electron chi connectivity index (χ3n) is 4.13. The Morgan fingerprint density at radius 3 is 3.11 bits per heavy atom. The summed E-state index contributed by atoms with van der Waals surface area (Å²) >= 11 is 1.79. The summed E-state index contributed by atoms with van der Waals surface area (Å²) in [5.41, 5.74) is 1.20. The average Bonchev–Trinajstić information content (AvgIpc) is 3.05. The minimum absolute atomic E-state index is 0.0362. The minimum atomic E-state index is 0.0362. The van der Waals surface area contributed by atoms with Gasteiger partial charge in [-0.3, -0.25) is 4.79 Å². The van der Waals surface area contributed by atoms with Gasteiger partial charge < -0.3 is 10.0 Å². The fourth-order valence-electron chi connectivity index (χ4n) is 3.04. The van der Waals surface area contributed by atoms with Crippen LogP contribution in [0.1, 0.15) is 24.3 Å². The second-order valence-corrected chi connectivity index (χ2v) is 6.41. The molecule has 2 aliphatic heterocycles. The van der Waals surface area contributed by atoms with Crippen molar-refractivity contribution in [2.75, 3.05) is 25.4 Å². The maximum absolute atomic E-state index is 12.6. The Morgan fingerprint density at radius 1 is 1.42 bits per heavy atom. The maximum Gasteiger partial charge on any atom is 0.231 e. The van der Waals surface area contributed by atoms with Gasteiger partial charge >= 0.3 is 0 Å². The Morgan fingerprint density at radius 2 is 2.26 bits per heavy atom. The number of hydrogen-bond acceptors (Lipinski definition) is 3. The van der Waals surface area contributed by atoms with Gasteiger partial charge in [-0.05, 0) is 30.4 Å². The van der Waals surface area contributed by atoms with Gasteiger partial charge in [0, 0.05) is 30.3 Å². The van der Waals surface area contributed by atoms with E-state index in [1.807, 2.05) is 17.0 Å². The molecular weight excluding hydrogens is 258 g/mol. The molecule has 0 bridgehead atoms. The summed E-state index contributed by atoms with van der Waals surface area (Å²) in [6.07, 6.45) is 1.85. The second kappa shape index (κ2) is 5.55. The monoisotopic (exact) mass is 277 g/mol. The van der Waals surface area contributed by atoms with E-state index in [4.69, 9.17) is 5.11 Å². The molecule has 1 saturated heterocycles. The van der Waals surface area contributed by atoms with E-state index in [0.29, 0.717) is 5.92 Å². The van der Waals surface area contributed by atoms with Gasteiger partial charge in [-0.1, -0.05) is 18.2 Å². The van der Waals surface area contributed by atoms with E-state index in [9.17, 15) is 4.79 Å². The van der Waals surface area contributed by atoms with Crippen molar-refractivity contribution in [3.63, 3.8) is 0 Å². The van der Waals surface area contributed by atoms with Crippen LogP contribution in [-0.2, 0) is 4.79 Å². The van der Waals surface area contributed by atoms with Gasteiger partial charge in [0.05, 0.1) is 5.92 Å². The van der Waals surface area contributed by atoms with Crippen LogP contribution in [0.15, 0.2) is 29.2 Å². The molecule has 4 heteroatoms. The highest BCUT2D eigenvalue weighted by atomic mass is 32.2.